The lowest BCUT2D eigenvalue weighted by Crippen LogP contribution is -2.26. The van der Waals surface area contributed by atoms with E-state index in [0.29, 0.717) is 16.8 Å². The van der Waals surface area contributed by atoms with E-state index < -0.39 is 0 Å². The Morgan fingerprint density at radius 1 is 0.923 bits per heavy atom. The molecule has 0 fully saturated rings. The van der Waals surface area contributed by atoms with E-state index in [0.717, 1.165) is 15.5 Å². The molecule has 0 unspecified atom stereocenters. The Hall–Kier alpha value is -3.05. The number of fused-ring (bicyclic) bond motifs is 2. The van der Waals surface area contributed by atoms with Crippen LogP contribution < -0.4 is 10.2 Å². The van der Waals surface area contributed by atoms with Crippen LogP contribution >= 0.6 is 11.8 Å². The van der Waals surface area contributed by atoms with E-state index >= 15 is 0 Å². The van der Waals surface area contributed by atoms with Gasteiger partial charge in [-0.25, -0.2) is 0 Å². The third kappa shape index (κ3) is 2.97. The van der Waals surface area contributed by atoms with E-state index in [1.54, 1.807) is 24.1 Å². The van der Waals surface area contributed by atoms with E-state index in [-0.39, 0.29) is 11.8 Å². The van der Waals surface area contributed by atoms with Gasteiger partial charge in [0.1, 0.15) is 0 Å². The van der Waals surface area contributed by atoms with Gasteiger partial charge in [0.15, 0.2) is 0 Å². The second-order valence-corrected chi connectivity index (χ2v) is 7.05. The molecule has 0 saturated heterocycles. The van der Waals surface area contributed by atoms with Gasteiger partial charge in [-0.2, -0.15) is 0 Å². The molecule has 0 aromatic heterocycles. The maximum absolute atomic E-state index is 12.7. The predicted molar refractivity (Wildman–Crippen MR) is 104 cm³/mol. The Kier molecular flexibility index (Phi) is 4.22. The molecule has 1 aliphatic rings. The number of nitrogens with one attached hydrogen (secondary N) is 1. The highest BCUT2D eigenvalue weighted by Crippen LogP contribution is 2.41. The monoisotopic (exact) mass is 360 g/mol. The summed E-state index contributed by atoms with van der Waals surface area (Å²) >= 11 is 1.53. The fourth-order valence-corrected chi connectivity index (χ4v) is 4.03. The molecule has 128 valence electrons. The standard InChI is InChI=1S/C21H16N2O2S/c1-23-17-12-11-15(22-20(24)14-7-3-2-4-8-14)13-19(17)26-18-10-6-5-9-16(18)21(23)25/h2-13H,1H3,(H,22,24). The van der Waals surface area contributed by atoms with Crippen molar-refractivity contribution in [3.8, 4) is 0 Å². The van der Waals surface area contributed by atoms with Gasteiger partial charge < -0.3 is 10.2 Å². The molecular formula is C21H16N2O2S. The third-order valence-electron chi connectivity index (χ3n) is 4.26. The number of hydrogen-bond donors (Lipinski definition) is 1. The van der Waals surface area contributed by atoms with Crippen LogP contribution in [0.4, 0.5) is 11.4 Å². The van der Waals surface area contributed by atoms with Crippen LogP contribution in [0.5, 0.6) is 0 Å². The maximum Gasteiger partial charge on any atom is 0.259 e. The lowest BCUT2D eigenvalue weighted by molar-refractivity contribution is 0.0988. The van der Waals surface area contributed by atoms with Crippen molar-refractivity contribution in [3.05, 3.63) is 83.9 Å². The Labute approximate surface area is 155 Å². The fraction of sp³-hybridized carbons (Fsp3) is 0.0476. The minimum atomic E-state index is -0.158. The number of carbonyl (C=O) groups is 2. The van der Waals surface area contributed by atoms with Crippen molar-refractivity contribution in [3.63, 3.8) is 0 Å². The zero-order chi connectivity index (χ0) is 18.1. The maximum atomic E-state index is 12.7. The summed E-state index contributed by atoms with van der Waals surface area (Å²) in [6.07, 6.45) is 0. The average Bonchev–Trinajstić information content (AvgIpc) is 2.78. The SMILES string of the molecule is CN1C(=O)c2ccccc2Sc2cc(NC(=O)c3ccccc3)ccc21. The number of rotatable bonds is 2. The smallest absolute Gasteiger partial charge is 0.259 e. The minimum Gasteiger partial charge on any atom is -0.322 e. The molecule has 1 aliphatic heterocycles. The number of amides is 2. The molecule has 0 aliphatic carbocycles. The first-order valence-electron chi connectivity index (χ1n) is 8.19. The molecule has 1 N–H and O–H groups in total. The minimum absolute atomic E-state index is 0.0343. The van der Waals surface area contributed by atoms with Crippen LogP contribution in [0.15, 0.2) is 82.6 Å². The first kappa shape index (κ1) is 16.4. The fourth-order valence-electron chi connectivity index (χ4n) is 2.88. The van der Waals surface area contributed by atoms with Crippen molar-refractivity contribution in [2.24, 2.45) is 0 Å². The highest BCUT2D eigenvalue weighted by Gasteiger charge is 2.24. The summed E-state index contributed by atoms with van der Waals surface area (Å²) in [7, 11) is 1.77. The molecule has 0 radical (unpaired) electrons. The molecule has 0 saturated carbocycles. The van der Waals surface area contributed by atoms with Crippen molar-refractivity contribution < 1.29 is 9.59 Å². The van der Waals surface area contributed by atoms with Gasteiger partial charge in [-0.15, -0.1) is 0 Å². The van der Waals surface area contributed by atoms with Crippen molar-refractivity contribution >= 4 is 35.0 Å². The number of anilines is 2. The summed E-state index contributed by atoms with van der Waals surface area (Å²) in [6, 6.07) is 22.3. The summed E-state index contributed by atoms with van der Waals surface area (Å²) in [4.78, 5) is 28.6. The van der Waals surface area contributed by atoms with Gasteiger partial charge in [-0.3, -0.25) is 9.59 Å². The van der Waals surface area contributed by atoms with Crippen LogP contribution in [0.1, 0.15) is 20.7 Å². The number of benzene rings is 3. The Bertz CT molecular complexity index is 1000. The zero-order valence-corrected chi connectivity index (χ0v) is 14.9. The Morgan fingerprint density at radius 2 is 1.65 bits per heavy atom. The predicted octanol–water partition coefficient (Wildman–Crippen LogP) is 4.68. The molecule has 0 atom stereocenters. The topological polar surface area (TPSA) is 49.4 Å². The number of nitrogens with zero attached hydrogens (tertiary/aromatic N) is 1. The molecule has 26 heavy (non-hydrogen) atoms. The molecule has 3 aromatic carbocycles. The van der Waals surface area contributed by atoms with Gasteiger partial charge in [0.25, 0.3) is 11.8 Å². The Balaban J connectivity index is 1.68. The molecule has 3 aromatic rings. The van der Waals surface area contributed by atoms with Crippen molar-refractivity contribution in [1.29, 1.82) is 0 Å². The molecule has 0 spiro atoms. The first-order chi connectivity index (χ1) is 12.6. The third-order valence-corrected chi connectivity index (χ3v) is 5.38. The van der Waals surface area contributed by atoms with Gasteiger partial charge in [0.2, 0.25) is 0 Å². The lowest BCUT2D eigenvalue weighted by Gasteiger charge is -2.18. The van der Waals surface area contributed by atoms with Crippen LogP contribution in [0.2, 0.25) is 0 Å². The number of hydrogen-bond acceptors (Lipinski definition) is 3. The number of carbonyl (C=O) groups excluding carboxylic acids is 2. The van der Waals surface area contributed by atoms with E-state index in [9.17, 15) is 9.59 Å². The average molecular weight is 360 g/mol. The summed E-state index contributed by atoms with van der Waals surface area (Å²) in [6.45, 7) is 0. The zero-order valence-electron chi connectivity index (χ0n) is 14.1. The summed E-state index contributed by atoms with van der Waals surface area (Å²) in [5, 5.41) is 2.92. The quantitative estimate of drug-likeness (QED) is 0.722. The van der Waals surface area contributed by atoms with Crippen LogP contribution in [-0.4, -0.2) is 18.9 Å². The molecular weight excluding hydrogens is 344 g/mol. The molecule has 1 heterocycles. The van der Waals surface area contributed by atoms with Crippen LogP contribution in [0.25, 0.3) is 0 Å². The van der Waals surface area contributed by atoms with E-state index in [1.807, 2.05) is 60.7 Å². The second-order valence-electron chi connectivity index (χ2n) is 5.97. The Morgan fingerprint density at radius 3 is 2.46 bits per heavy atom. The molecule has 0 bridgehead atoms. The normalized spacial score (nSPS) is 12.8. The van der Waals surface area contributed by atoms with Gasteiger partial charge >= 0.3 is 0 Å². The van der Waals surface area contributed by atoms with Gasteiger partial charge in [-0.1, -0.05) is 42.1 Å². The lowest BCUT2D eigenvalue weighted by atomic mass is 10.2. The summed E-state index contributed by atoms with van der Waals surface area (Å²) in [5.74, 6) is -0.193. The molecule has 2 amide bonds. The van der Waals surface area contributed by atoms with Crippen LogP contribution in [0, 0.1) is 0 Å². The summed E-state index contributed by atoms with van der Waals surface area (Å²) in [5.41, 5.74) is 2.82. The molecule has 5 heteroatoms. The first-order valence-corrected chi connectivity index (χ1v) is 9.00. The van der Waals surface area contributed by atoms with E-state index in [4.69, 9.17) is 0 Å². The van der Waals surface area contributed by atoms with E-state index in [1.165, 1.54) is 11.8 Å². The van der Waals surface area contributed by atoms with Gasteiger partial charge in [0, 0.05) is 28.1 Å². The van der Waals surface area contributed by atoms with E-state index in [2.05, 4.69) is 5.32 Å². The highest BCUT2D eigenvalue weighted by atomic mass is 32.2. The van der Waals surface area contributed by atoms with Crippen molar-refractivity contribution in [2.75, 3.05) is 17.3 Å². The van der Waals surface area contributed by atoms with Crippen LogP contribution in [0.3, 0.4) is 0 Å². The van der Waals surface area contributed by atoms with Gasteiger partial charge in [-0.05, 0) is 42.5 Å². The van der Waals surface area contributed by atoms with Crippen molar-refractivity contribution in [1.82, 2.24) is 0 Å². The molecule has 4 rings (SSSR count). The van der Waals surface area contributed by atoms with Crippen molar-refractivity contribution in [2.45, 2.75) is 9.79 Å². The molecule has 4 nitrogen and oxygen atoms in total. The van der Waals surface area contributed by atoms with Crippen LogP contribution in [-0.2, 0) is 0 Å². The largest absolute Gasteiger partial charge is 0.322 e. The summed E-state index contributed by atoms with van der Waals surface area (Å²) < 4.78 is 0. The second kappa shape index (κ2) is 6.69. The highest BCUT2D eigenvalue weighted by molar-refractivity contribution is 7.99. The van der Waals surface area contributed by atoms with Gasteiger partial charge in [0.05, 0.1) is 11.3 Å².